The normalized spacial score (nSPS) is 17.8. The first-order valence-electron chi connectivity index (χ1n) is 15.8. The number of nitrogens with zero attached hydrogens (tertiary/aromatic N) is 6. The first kappa shape index (κ1) is 29.6. The number of thioether (sulfide) groups is 1. The first-order valence-corrected chi connectivity index (χ1v) is 16.8. The summed E-state index contributed by atoms with van der Waals surface area (Å²) >= 11 is 1.55. The molecule has 1 saturated heterocycles. The number of piperazine rings is 1. The standard InChI is InChI=1S/C34H42N6O2S/c1-24-14-16-29-28(21-24)32-33(40(29)23-27-11-4-3-5-12-27)35-34(37-36-32)43-20-8-13-30(41)38-18-19-39(25(2)22-38)31(42)17-15-26-9-6-7-10-26/h3-5,11-12,14,16,21,25-26H,6-10,13,15,17-20,22-23H2,1-2H3. The Morgan fingerprint density at radius 1 is 0.977 bits per heavy atom. The zero-order valence-corrected chi connectivity index (χ0v) is 26.2. The molecular formula is C34H42N6O2S. The summed E-state index contributed by atoms with van der Waals surface area (Å²) in [4.78, 5) is 34.7. The van der Waals surface area contributed by atoms with Crippen molar-refractivity contribution in [3.63, 3.8) is 0 Å². The third-order valence-corrected chi connectivity index (χ3v) is 10.0. The zero-order chi connectivity index (χ0) is 29.8. The lowest BCUT2D eigenvalue weighted by molar-refractivity contribution is -0.142. The molecule has 0 radical (unpaired) electrons. The molecule has 0 spiro atoms. The molecule has 1 saturated carbocycles. The number of hydrogen-bond acceptors (Lipinski definition) is 6. The molecule has 0 N–H and O–H groups in total. The minimum absolute atomic E-state index is 0.0702. The maximum Gasteiger partial charge on any atom is 0.222 e. The number of aryl methyl sites for hydroxylation is 1. The van der Waals surface area contributed by atoms with Crippen molar-refractivity contribution in [3.8, 4) is 0 Å². The minimum atomic E-state index is 0.0702. The highest BCUT2D eigenvalue weighted by atomic mass is 32.2. The second kappa shape index (κ2) is 13.5. The second-order valence-electron chi connectivity index (χ2n) is 12.3. The average Bonchev–Trinajstić information content (AvgIpc) is 3.65. The van der Waals surface area contributed by atoms with Crippen LogP contribution in [0.4, 0.5) is 0 Å². The van der Waals surface area contributed by atoms with Crippen LogP contribution in [-0.2, 0) is 16.1 Å². The molecule has 1 unspecified atom stereocenters. The van der Waals surface area contributed by atoms with E-state index in [0.29, 0.717) is 44.2 Å². The van der Waals surface area contributed by atoms with Crippen LogP contribution in [0.3, 0.4) is 0 Å². The molecule has 1 aliphatic carbocycles. The van der Waals surface area contributed by atoms with Crippen LogP contribution in [0.25, 0.3) is 22.1 Å². The largest absolute Gasteiger partial charge is 0.339 e. The van der Waals surface area contributed by atoms with Crippen LogP contribution in [-0.4, -0.2) is 72.8 Å². The van der Waals surface area contributed by atoms with Gasteiger partial charge in [0.25, 0.3) is 0 Å². The van der Waals surface area contributed by atoms with Gasteiger partial charge in [0.15, 0.2) is 5.65 Å². The molecule has 1 aliphatic heterocycles. The van der Waals surface area contributed by atoms with E-state index in [4.69, 9.17) is 4.98 Å². The van der Waals surface area contributed by atoms with Gasteiger partial charge in [-0.2, -0.15) is 0 Å². The molecule has 4 aromatic rings. The van der Waals surface area contributed by atoms with Gasteiger partial charge in [-0.3, -0.25) is 9.59 Å². The van der Waals surface area contributed by atoms with Crippen LogP contribution in [0, 0.1) is 12.8 Å². The summed E-state index contributed by atoms with van der Waals surface area (Å²) in [5.74, 6) is 1.89. The molecule has 1 atom stereocenters. The predicted octanol–water partition coefficient (Wildman–Crippen LogP) is 6.24. The fourth-order valence-corrected chi connectivity index (χ4v) is 7.43. The third kappa shape index (κ3) is 6.87. The van der Waals surface area contributed by atoms with E-state index in [1.165, 1.54) is 36.8 Å². The van der Waals surface area contributed by atoms with Crippen LogP contribution in [0.15, 0.2) is 53.7 Å². The number of amides is 2. The van der Waals surface area contributed by atoms with Crippen molar-refractivity contribution in [1.82, 2.24) is 29.5 Å². The van der Waals surface area contributed by atoms with E-state index in [2.05, 4.69) is 71.1 Å². The van der Waals surface area contributed by atoms with Crippen LogP contribution in [0.2, 0.25) is 0 Å². The Morgan fingerprint density at radius 2 is 1.79 bits per heavy atom. The number of aromatic nitrogens is 4. The van der Waals surface area contributed by atoms with Gasteiger partial charge in [0.2, 0.25) is 17.0 Å². The number of carbonyl (C=O) groups excluding carboxylic acids is 2. The van der Waals surface area contributed by atoms with Gasteiger partial charge in [0.1, 0.15) is 5.52 Å². The lowest BCUT2D eigenvalue weighted by Crippen LogP contribution is -2.55. The van der Waals surface area contributed by atoms with E-state index in [1.54, 1.807) is 11.8 Å². The molecule has 2 fully saturated rings. The number of benzene rings is 2. The Hall–Kier alpha value is -3.46. The molecule has 43 heavy (non-hydrogen) atoms. The second-order valence-corrected chi connectivity index (χ2v) is 13.3. The molecule has 2 amide bonds. The average molecular weight is 599 g/mol. The lowest BCUT2D eigenvalue weighted by Gasteiger charge is -2.40. The maximum atomic E-state index is 13.0. The van der Waals surface area contributed by atoms with Crippen molar-refractivity contribution in [3.05, 3.63) is 59.7 Å². The lowest BCUT2D eigenvalue weighted by atomic mass is 10.0. The van der Waals surface area contributed by atoms with Crippen LogP contribution >= 0.6 is 11.8 Å². The molecule has 0 bridgehead atoms. The van der Waals surface area contributed by atoms with E-state index >= 15 is 0 Å². The Labute approximate surface area is 258 Å². The molecule has 6 rings (SSSR count). The fraction of sp³-hybridized carbons (Fsp3) is 0.500. The number of hydrogen-bond donors (Lipinski definition) is 0. The van der Waals surface area contributed by atoms with Crippen LogP contribution in [0.1, 0.15) is 69.4 Å². The van der Waals surface area contributed by atoms with Crippen LogP contribution in [0.5, 0.6) is 0 Å². The number of carbonyl (C=O) groups is 2. The van der Waals surface area contributed by atoms with Gasteiger partial charge < -0.3 is 14.4 Å². The Balaban J connectivity index is 1.03. The van der Waals surface area contributed by atoms with E-state index < -0.39 is 0 Å². The molecule has 8 nitrogen and oxygen atoms in total. The van der Waals surface area contributed by atoms with Gasteiger partial charge >= 0.3 is 0 Å². The highest BCUT2D eigenvalue weighted by Crippen LogP contribution is 2.30. The Kier molecular flexibility index (Phi) is 9.26. The maximum absolute atomic E-state index is 13.0. The van der Waals surface area contributed by atoms with Gasteiger partial charge in [0, 0.05) is 56.2 Å². The number of fused-ring (bicyclic) bond motifs is 3. The summed E-state index contributed by atoms with van der Waals surface area (Å²) in [6, 6.07) is 16.9. The third-order valence-electron chi connectivity index (χ3n) is 9.09. The number of rotatable bonds is 10. The van der Waals surface area contributed by atoms with Crippen molar-refractivity contribution in [1.29, 1.82) is 0 Å². The van der Waals surface area contributed by atoms with E-state index in [9.17, 15) is 9.59 Å². The van der Waals surface area contributed by atoms with Crippen molar-refractivity contribution < 1.29 is 9.59 Å². The molecule has 2 aromatic carbocycles. The first-order chi connectivity index (χ1) is 21.0. The molecule has 2 aliphatic rings. The Bertz CT molecular complexity index is 1580. The topological polar surface area (TPSA) is 84.2 Å². The fourth-order valence-electron chi connectivity index (χ4n) is 6.71. The van der Waals surface area contributed by atoms with E-state index in [1.807, 2.05) is 15.9 Å². The van der Waals surface area contributed by atoms with E-state index in [0.717, 1.165) is 46.6 Å². The SMILES string of the molecule is Cc1ccc2c(c1)c1nnc(SCCCC(=O)N3CCN(C(=O)CCC4CCCC4)C(C)C3)nc1n2Cc1ccccc1. The van der Waals surface area contributed by atoms with Gasteiger partial charge in [-0.1, -0.05) is 79.4 Å². The van der Waals surface area contributed by atoms with Gasteiger partial charge in [-0.25, -0.2) is 4.98 Å². The zero-order valence-electron chi connectivity index (χ0n) is 25.4. The van der Waals surface area contributed by atoms with Crippen molar-refractivity contribution in [2.45, 2.75) is 83.0 Å². The summed E-state index contributed by atoms with van der Waals surface area (Å²) in [5, 5.41) is 10.7. The van der Waals surface area contributed by atoms with Gasteiger partial charge in [-0.15, -0.1) is 10.2 Å². The summed E-state index contributed by atoms with van der Waals surface area (Å²) in [5.41, 5.74) is 5.14. The monoisotopic (exact) mass is 598 g/mol. The van der Waals surface area contributed by atoms with Gasteiger partial charge in [0.05, 0.1) is 5.52 Å². The minimum Gasteiger partial charge on any atom is -0.339 e. The molecular weight excluding hydrogens is 556 g/mol. The molecule has 2 aromatic heterocycles. The summed E-state index contributed by atoms with van der Waals surface area (Å²) in [7, 11) is 0. The smallest absolute Gasteiger partial charge is 0.222 e. The molecule has 9 heteroatoms. The van der Waals surface area contributed by atoms with Gasteiger partial charge in [-0.05, 0) is 50.3 Å². The predicted molar refractivity (Wildman–Crippen MR) is 172 cm³/mol. The highest BCUT2D eigenvalue weighted by molar-refractivity contribution is 7.99. The Morgan fingerprint density at radius 3 is 2.58 bits per heavy atom. The van der Waals surface area contributed by atoms with Crippen molar-refractivity contribution in [2.24, 2.45) is 5.92 Å². The summed E-state index contributed by atoms with van der Waals surface area (Å²) in [6.07, 6.45) is 8.07. The van der Waals surface area contributed by atoms with Crippen molar-refractivity contribution >= 4 is 45.6 Å². The molecule has 3 heterocycles. The van der Waals surface area contributed by atoms with Crippen molar-refractivity contribution in [2.75, 3.05) is 25.4 Å². The summed E-state index contributed by atoms with van der Waals surface area (Å²) in [6.45, 7) is 6.75. The van der Waals surface area contributed by atoms with Crippen LogP contribution < -0.4 is 0 Å². The quantitative estimate of drug-likeness (QED) is 0.159. The highest BCUT2D eigenvalue weighted by Gasteiger charge is 2.30. The summed E-state index contributed by atoms with van der Waals surface area (Å²) < 4.78 is 2.22. The molecule has 226 valence electrons. The van der Waals surface area contributed by atoms with E-state index in [-0.39, 0.29) is 17.9 Å².